The van der Waals surface area contributed by atoms with Gasteiger partial charge in [-0.3, -0.25) is 4.79 Å². The standard InChI is InChI=1S/C32H49Br3O2/c1-19-10-12-28(6)20(27(19,4)5)11-13-29(7)23(28)21(33)22(34)24-30(29,8)15-17-31(25(36)37-9)16-14-26(2,3)18-32(24,31)35/h19-21,23H,10-18H2,1-9H3/t19-,20?,21?,23?,28-,29+,30+,31+,32?/m0/s1. The van der Waals surface area contributed by atoms with Crippen molar-refractivity contribution >= 4 is 53.8 Å². The molecule has 2 nitrogen and oxygen atoms in total. The van der Waals surface area contributed by atoms with Crippen molar-refractivity contribution in [1.82, 2.24) is 0 Å². The lowest BCUT2D eigenvalue weighted by Gasteiger charge is -2.73. The molecule has 0 heterocycles. The van der Waals surface area contributed by atoms with E-state index >= 15 is 0 Å². The maximum Gasteiger partial charge on any atom is 0.313 e. The van der Waals surface area contributed by atoms with Gasteiger partial charge in [-0.1, -0.05) is 103 Å². The number of rotatable bonds is 1. The summed E-state index contributed by atoms with van der Waals surface area (Å²) in [6.07, 6.45) is 10.1. The fourth-order valence-corrected chi connectivity index (χ4v) is 15.8. The SMILES string of the molecule is COC(=O)[C@]12CCC(C)(C)CC1(Br)C1=C(Br)C(Br)C3[C@@]4(C)CC[C@H](C)C(C)(C)C4CC[C@@]3(C)[C@]1(C)CC2. The van der Waals surface area contributed by atoms with Crippen molar-refractivity contribution in [3.63, 3.8) is 0 Å². The van der Waals surface area contributed by atoms with Crippen LogP contribution in [0, 0.1) is 50.2 Å². The fourth-order valence-electron chi connectivity index (χ4n) is 11.2. The molecule has 0 spiro atoms. The lowest BCUT2D eigenvalue weighted by atomic mass is 9.33. The Kier molecular flexibility index (Phi) is 6.77. The minimum absolute atomic E-state index is 0.0103. The van der Waals surface area contributed by atoms with Gasteiger partial charge in [0.25, 0.3) is 0 Å². The highest BCUT2D eigenvalue weighted by Crippen LogP contribution is 2.80. The summed E-state index contributed by atoms with van der Waals surface area (Å²) >= 11 is 13.1. The van der Waals surface area contributed by atoms with E-state index in [2.05, 4.69) is 103 Å². The molecule has 0 aromatic carbocycles. The van der Waals surface area contributed by atoms with E-state index in [1.807, 2.05) is 0 Å². The number of esters is 1. The Morgan fingerprint density at radius 1 is 0.919 bits per heavy atom. The van der Waals surface area contributed by atoms with Gasteiger partial charge in [-0.25, -0.2) is 0 Å². The first kappa shape index (κ1) is 29.2. The normalized spacial score (nSPS) is 52.3. The van der Waals surface area contributed by atoms with Crippen molar-refractivity contribution < 1.29 is 9.53 Å². The van der Waals surface area contributed by atoms with Crippen molar-refractivity contribution in [2.75, 3.05) is 7.11 Å². The van der Waals surface area contributed by atoms with Crippen molar-refractivity contribution in [3.05, 3.63) is 10.1 Å². The van der Waals surface area contributed by atoms with E-state index in [1.165, 1.54) is 35.7 Å². The van der Waals surface area contributed by atoms with Gasteiger partial charge in [-0.15, -0.1) is 0 Å². The van der Waals surface area contributed by atoms with Gasteiger partial charge in [0.15, 0.2) is 0 Å². The van der Waals surface area contributed by atoms with Crippen LogP contribution in [-0.2, 0) is 9.53 Å². The monoisotopic (exact) mass is 702 g/mol. The topological polar surface area (TPSA) is 26.3 Å². The summed E-state index contributed by atoms with van der Waals surface area (Å²) in [5, 5.41) is 0. The Hall–Kier alpha value is 0.650. The highest BCUT2D eigenvalue weighted by Gasteiger charge is 2.75. The fraction of sp³-hybridized carbons (Fsp3) is 0.906. The maximum atomic E-state index is 13.7. The summed E-state index contributed by atoms with van der Waals surface area (Å²) in [7, 11) is 1.58. The van der Waals surface area contributed by atoms with E-state index in [4.69, 9.17) is 4.74 Å². The minimum atomic E-state index is -0.510. The lowest BCUT2D eigenvalue weighted by molar-refractivity contribution is -0.191. The third-order valence-electron chi connectivity index (χ3n) is 13.7. The average Bonchev–Trinajstić information content (AvgIpc) is 2.79. The Labute approximate surface area is 251 Å². The number of methoxy groups -OCH3 is 1. The van der Waals surface area contributed by atoms with Gasteiger partial charge < -0.3 is 4.74 Å². The molecule has 0 radical (unpaired) electrons. The second-order valence-corrected chi connectivity index (χ2v) is 19.1. The zero-order valence-corrected chi connectivity index (χ0v) is 29.4. The summed E-state index contributed by atoms with van der Waals surface area (Å²) in [6.45, 7) is 20.2. The zero-order chi connectivity index (χ0) is 27.6. The van der Waals surface area contributed by atoms with Gasteiger partial charge in [0.2, 0.25) is 0 Å². The van der Waals surface area contributed by atoms with Gasteiger partial charge in [0.05, 0.1) is 21.7 Å². The van der Waals surface area contributed by atoms with Crippen molar-refractivity contribution in [3.8, 4) is 0 Å². The zero-order valence-electron chi connectivity index (χ0n) is 24.6. The smallest absolute Gasteiger partial charge is 0.313 e. The Bertz CT molecular complexity index is 1030. The number of hydrogen-bond donors (Lipinski definition) is 0. The molecule has 5 heteroatoms. The van der Waals surface area contributed by atoms with Crippen LogP contribution in [0.1, 0.15) is 113 Å². The van der Waals surface area contributed by atoms with Crippen molar-refractivity contribution in [2.45, 2.75) is 122 Å². The van der Waals surface area contributed by atoms with E-state index < -0.39 is 9.74 Å². The Morgan fingerprint density at radius 2 is 1.54 bits per heavy atom. The molecule has 4 fully saturated rings. The first-order valence-electron chi connectivity index (χ1n) is 14.7. The molecular formula is C32H49Br3O2. The highest BCUT2D eigenvalue weighted by molar-refractivity contribution is 9.14. The van der Waals surface area contributed by atoms with Gasteiger partial charge in [0, 0.05) is 4.48 Å². The molecule has 0 bridgehead atoms. The van der Waals surface area contributed by atoms with Crippen molar-refractivity contribution in [2.24, 2.45) is 50.2 Å². The van der Waals surface area contributed by atoms with E-state index in [1.54, 1.807) is 7.11 Å². The molecule has 5 aliphatic rings. The molecule has 9 atom stereocenters. The quantitative estimate of drug-likeness (QED) is 0.201. The van der Waals surface area contributed by atoms with Crippen LogP contribution in [0.5, 0.6) is 0 Å². The van der Waals surface area contributed by atoms with Gasteiger partial charge in [-0.05, 0) is 108 Å². The molecule has 0 saturated heterocycles. The molecule has 4 saturated carbocycles. The number of halogens is 3. The van der Waals surface area contributed by atoms with E-state index in [0.29, 0.717) is 11.3 Å². The molecular weight excluding hydrogens is 656 g/mol. The second-order valence-electron chi connectivity index (χ2n) is 15.9. The maximum absolute atomic E-state index is 13.7. The van der Waals surface area contributed by atoms with Crippen LogP contribution in [0.4, 0.5) is 0 Å². The average molecular weight is 705 g/mol. The van der Waals surface area contributed by atoms with E-state index in [0.717, 1.165) is 43.9 Å². The van der Waals surface area contributed by atoms with Crippen molar-refractivity contribution in [1.29, 1.82) is 0 Å². The van der Waals surface area contributed by atoms with Gasteiger partial charge in [0.1, 0.15) is 0 Å². The number of allylic oxidation sites excluding steroid dienone is 2. The predicted molar refractivity (Wildman–Crippen MR) is 164 cm³/mol. The van der Waals surface area contributed by atoms with Crippen LogP contribution in [0.3, 0.4) is 0 Å². The predicted octanol–water partition coefficient (Wildman–Crippen LogP) is 10.2. The molecule has 4 unspecified atom stereocenters. The number of ether oxygens (including phenoxy) is 1. The summed E-state index contributed by atoms with van der Waals surface area (Å²) in [5.41, 5.74) is 1.92. The highest BCUT2D eigenvalue weighted by atomic mass is 79.9. The number of fused-ring (bicyclic) bond motifs is 7. The lowest BCUT2D eigenvalue weighted by Crippen LogP contribution is -2.70. The molecule has 0 amide bonds. The first-order valence-corrected chi connectivity index (χ1v) is 17.2. The largest absolute Gasteiger partial charge is 0.469 e. The number of carbonyl (C=O) groups is 1. The minimum Gasteiger partial charge on any atom is -0.469 e. The van der Waals surface area contributed by atoms with Crippen LogP contribution in [0.15, 0.2) is 10.1 Å². The third kappa shape index (κ3) is 3.47. The van der Waals surface area contributed by atoms with Crippen LogP contribution in [-0.4, -0.2) is 22.2 Å². The van der Waals surface area contributed by atoms with Crippen LogP contribution in [0.2, 0.25) is 0 Å². The Morgan fingerprint density at radius 3 is 2.16 bits per heavy atom. The number of alkyl halides is 2. The number of carbonyl (C=O) groups excluding carboxylic acids is 1. The molecule has 0 aliphatic heterocycles. The second kappa shape index (κ2) is 8.59. The molecule has 5 rings (SSSR count). The first-order chi connectivity index (χ1) is 16.9. The third-order valence-corrected chi connectivity index (χ3v) is 17.7. The summed E-state index contributed by atoms with van der Waals surface area (Å²) in [4.78, 5) is 14.0. The molecule has 0 aromatic heterocycles. The molecule has 37 heavy (non-hydrogen) atoms. The summed E-state index contributed by atoms with van der Waals surface area (Å²) in [6, 6.07) is 0. The summed E-state index contributed by atoms with van der Waals surface area (Å²) < 4.78 is 6.50. The molecule has 0 aromatic rings. The molecule has 210 valence electrons. The van der Waals surface area contributed by atoms with Crippen LogP contribution < -0.4 is 0 Å². The summed E-state index contributed by atoms with van der Waals surface area (Å²) in [5.74, 6) is 2.03. The molecule has 0 N–H and O–H groups in total. The van der Waals surface area contributed by atoms with Crippen LogP contribution in [0.25, 0.3) is 0 Å². The van der Waals surface area contributed by atoms with E-state index in [9.17, 15) is 4.79 Å². The number of hydrogen-bond acceptors (Lipinski definition) is 2. The Balaban J connectivity index is 1.73. The van der Waals surface area contributed by atoms with Crippen LogP contribution >= 0.6 is 47.8 Å². The molecule has 5 aliphatic carbocycles. The van der Waals surface area contributed by atoms with Gasteiger partial charge in [-0.2, -0.15) is 0 Å². The van der Waals surface area contributed by atoms with E-state index in [-0.39, 0.29) is 32.5 Å². The van der Waals surface area contributed by atoms with Gasteiger partial charge >= 0.3 is 5.97 Å².